The van der Waals surface area contributed by atoms with Gasteiger partial charge in [-0.3, -0.25) is 0 Å². The molecular weight excluding hydrogens is 264 g/mol. The molecule has 1 aromatic rings. The Morgan fingerprint density at radius 1 is 1.25 bits per heavy atom. The smallest absolute Gasteiger partial charge is 0.338 e. The fourth-order valence-electron chi connectivity index (χ4n) is 3.03. The molecule has 0 heterocycles. The summed E-state index contributed by atoms with van der Waals surface area (Å²) in [4.78, 5) is 12.5. The number of hydrogen-bond acceptors (Lipinski definition) is 2. The van der Waals surface area contributed by atoms with E-state index in [0.717, 1.165) is 25.3 Å². The number of carbonyl (C=O) groups is 1. The quantitative estimate of drug-likeness (QED) is 0.920. The zero-order chi connectivity index (χ0) is 14.9. The van der Waals surface area contributed by atoms with E-state index in [1.165, 1.54) is 12.5 Å². The van der Waals surface area contributed by atoms with Gasteiger partial charge in [0.1, 0.15) is 0 Å². The molecule has 1 aliphatic rings. The number of carboxylic acids is 1. The van der Waals surface area contributed by atoms with Gasteiger partial charge in [0, 0.05) is 13.1 Å². The second kappa shape index (κ2) is 5.77. The minimum absolute atomic E-state index is 0.131. The number of hydrogen-bond donors (Lipinski definition) is 1. The number of rotatable bonds is 3. The number of anilines is 1. The van der Waals surface area contributed by atoms with Crippen LogP contribution in [0, 0.1) is 17.6 Å². The Morgan fingerprint density at radius 3 is 2.50 bits per heavy atom. The molecule has 0 amide bonds. The molecule has 2 rings (SSSR count). The fourth-order valence-corrected chi connectivity index (χ4v) is 3.03. The van der Waals surface area contributed by atoms with E-state index in [1.807, 2.05) is 0 Å². The van der Waals surface area contributed by atoms with Crippen LogP contribution < -0.4 is 4.90 Å². The third-order valence-corrected chi connectivity index (χ3v) is 4.24. The monoisotopic (exact) mass is 283 g/mol. The van der Waals surface area contributed by atoms with E-state index in [4.69, 9.17) is 5.11 Å². The second-order valence-corrected chi connectivity index (χ2v) is 5.51. The first-order chi connectivity index (χ1) is 9.43. The third kappa shape index (κ3) is 2.62. The molecule has 0 bridgehead atoms. The summed E-state index contributed by atoms with van der Waals surface area (Å²) >= 11 is 0. The van der Waals surface area contributed by atoms with E-state index >= 15 is 0 Å². The highest BCUT2D eigenvalue weighted by atomic mass is 19.2. The van der Waals surface area contributed by atoms with Crippen LogP contribution in [0.5, 0.6) is 0 Å². The van der Waals surface area contributed by atoms with Crippen LogP contribution in [-0.2, 0) is 0 Å². The minimum Gasteiger partial charge on any atom is -0.478 e. The zero-order valence-corrected chi connectivity index (χ0v) is 11.7. The maximum absolute atomic E-state index is 14.1. The van der Waals surface area contributed by atoms with Gasteiger partial charge in [0.15, 0.2) is 11.6 Å². The van der Waals surface area contributed by atoms with Gasteiger partial charge in [-0.1, -0.05) is 19.8 Å². The average molecular weight is 283 g/mol. The highest BCUT2D eigenvalue weighted by Gasteiger charge is 2.28. The molecule has 2 atom stereocenters. The van der Waals surface area contributed by atoms with Crippen molar-refractivity contribution in [3.63, 3.8) is 0 Å². The first-order valence-corrected chi connectivity index (χ1v) is 6.87. The van der Waals surface area contributed by atoms with Crippen LogP contribution in [0.2, 0.25) is 0 Å². The average Bonchev–Trinajstić information content (AvgIpc) is 2.41. The lowest BCUT2D eigenvalue weighted by Gasteiger charge is -2.37. The number of benzene rings is 1. The molecule has 20 heavy (non-hydrogen) atoms. The van der Waals surface area contributed by atoms with Crippen molar-refractivity contribution in [1.29, 1.82) is 0 Å². The molecule has 0 aromatic heterocycles. The summed E-state index contributed by atoms with van der Waals surface area (Å²) in [6.45, 7) is 2.11. The third-order valence-electron chi connectivity index (χ3n) is 4.24. The summed E-state index contributed by atoms with van der Waals surface area (Å²) in [5.74, 6) is -3.41. The van der Waals surface area contributed by atoms with Crippen LogP contribution in [0.15, 0.2) is 12.1 Å². The van der Waals surface area contributed by atoms with E-state index < -0.39 is 23.2 Å². The Kier molecular flexibility index (Phi) is 4.26. The van der Waals surface area contributed by atoms with Crippen molar-refractivity contribution in [2.24, 2.45) is 5.92 Å². The fraction of sp³-hybridized carbons (Fsp3) is 0.533. The summed E-state index contributed by atoms with van der Waals surface area (Å²) in [5.41, 5.74) is -0.498. The predicted octanol–water partition coefficient (Wildman–Crippen LogP) is 3.68. The van der Waals surface area contributed by atoms with Crippen molar-refractivity contribution in [2.75, 3.05) is 11.9 Å². The molecule has 2 unspecified atom stereocenters. The van der Waals surface area contributed by atoms with Crippen LogP contribution in [0.1, 0.15) is 43.0 Å². The van der Waals surface area contributed by atoms with Gasteiger partial charge in [-0.05, 0) is 30.9 Å². The van der Waals surface area contributed by atoms with Gasteiger partial charge >= 0.3 is 5.97 Å². The minimum atomic E-state index is -1.46. The van der Waals surface area contributed by atoms with Crippen LogP contribution >= 0.6 is 0 Å². The molecule has 5 heteroatoms. The Morgan fingerprint density at radius 2 is 1.90 bits per heavy atom. The lowest BCUT2D eigenvalue weighted by Crippen LogP contribution is -2.39. The highest BCUT2D eigenvalue weighted by molar-refractivity contribution is 5.88. The van der Waals surface area contributed by atoms with Crippen molar-refractivity contribution in [3.05, 3.63) is 29.3 Å². The Labute approximate surface area is 117 Å². The van der Waals surface area contributed by atoms with Crippen LogP contribution in [-0.4, -0.2) is 24.2 Å². The van der Waals surface area contributed by atoms with Gasteiger partial charge in [-0.2, -0.15) is 0 Å². The zero-order valence-electron chi connectivity index (χ0n) is 11.7. The van der Waals surface area contributed by atoms with Crippen LogP contribution in [0.25, 0.3) is 0 Å². The Balaban J connectivity index is 2.33. The molecule has 3 nitrogen and oxygen atoms in total. The summed E-state index contributed by atoms with van der Waals surface area (Å²) in [6, 6.07) is 2.64. The van der Waals surface area contributed by atoms with Crippen molar-refractivity contribution in [2.45, 2.75) is 38.6 Å². The number of aromatic carboxylic acids is 1. The maximum Gasteiger partial charge on any atom is 0.338 e. The molecular formula is C15H19F2NO2. The number of carboxylic acid groups (broad SMARTS) is 1. The molecule has 1 fully saturated rings. The maximum atomic E-state index is 14.1. The van der Waals surface area contributed by atoms with E-state index in [0.29, 0.717) is 5.92 Å². The topological polar surface area (TPSA) is 40.5 Å². The molecule has 0 spiro atoms. The van der Waals surface area contributed by atoms with E-state index in [-0.39, 0.29) is 11.7 Å². The second-order valence-electron chi connectivity index (χ2n) is 5.51. The highest BCUT2D eigenvalue weighted by Crippen LogP contribution is 2.32. The van der Waals surface area contributed by atoms with Gasteiger partial charge in [0.2, 0.25) is 0 Å². The molecule has 0 aliphatic heterocycles. The molecule has 1 N–H and O–H groups in total. The normalized spacial score (nSPS) is 22.6. The van der Waals surface area contributed by atoms with Gasteiger partial charge < -0.3 is 10.0 Å². The lowest BCUT2D eigenvalue weighted by atomic mass is 9.85. The van der Waals surface area contributed by atoms with Gasteiger partial charge in [-0.15, -0.1) is 0 Å². The van der Waals surface area contributed by atoms with Gasteiger partial charge in [0.25, 0.3) is 0 Å². The molecule has 1 aliphatic carbocycles. The van der Waals surface area contributed by atoms with Crippen molar-refractivity contribution in [1.82, 2.24) is 0 Å². The standard InChI is InChI=1S/C15H19F2NO2/c1-9-5-3-4-6-11(9)18(2)12-8-7-10(15(19)20)13(16)14(12)17/h7-9,11H,3-6H2,1-2H3,(H,19,20). The van der Waals surface area contributed by atoms with Gasteiger partial charge in [0.05, 0.1) is 11.3 Å². The Bertz CT molecular complexity index is 519. The van der Waals surface area contributed by atoms with E-state index in [1.54, 1.807) is 11.9 Å². The SMILES string of the molecule is CC1CCCCC1N(C)c1ccc(C(=O)O)c(F)c1F. The molecule has 1 saturated carbocycles. The number of nitrogens with zero attached hydrogens (tertiary/aromatic N) is 1. The molecule has 0 saturated heterocycles. The lowest BCUT2D eigenvalue weighted by molar-refractivity contribution is 0.0690. The molecule has 1 aromatic carbocycles. The predicted molar refractivity (Wildman–Crippen MR) is 73.1 cm³/mol. The molecule has 110 valence electrons. The van der Waals surface area contributed by atoms with E-state index in [2.05, 4.69) is 6.92 Å². The first-order valence-electron chi connectivity index (χ1n) is 6.87. The Hall–Kier alpha value is -1.65. The first kappa shape index (κ1) is 14.8. The summed E-state index contributed by atoms with van der Waals surface area (Å²) in [7, 11) is 1.74. The summed E-state index contributed by atoms with van der Waals surface area (Å²) < 4.78 is 27.8. The van der Waals surface area contributed by atoms with Crippen molar-refractivity contribution >= 4 is 11.7 Å². The van der Waals surface area contributed by atoms with Crippen LogP contribution in [0.4, 0.5) is 14.5 Å². The molecule has 0 radical (unpaired) electrons. The summed E-state index contributed by atoms with van der Waals surface area (Å²) in [6.07, 6.45) is 4.27. The van der Waals surface area contributed by atoms with Gasteiger partial charge in [-0.25, -0.2) is 13.6 Å². The van der Waals surface area contributed by atoms with Crippen molar-refractivity contribution < 1.29 is 18.7 Å². The summed E-state index contributed by atoms with van der Waals surface area (Å²) in [5, 5.41) is 8.79. The number of halogens is 2. The van der Waals surface area contributed by atoms with Crippen LogP contribution in [0.3, 0.4) is 0 Å². The largest absolute Gasteiger partial charge is 0.478 e. The van der Waals surface area contributed by atoms with E-state index in [9.17, 15) is 13.6 Å². The van der Waals surface area contributed by atoms with Crippen molar-refractivity contribution in [3.8, 4) is 0 Å².